The van der Waals surface area contributed by atoms with E-state index >= 15 is 0 Å². The van der Waals surface area contributed by atoms with E-state index in [9.17, 15) is 19.2 Å². The zero-order chi connectivity index (χ0) is 32.7. The monoisotopic (exact) mass is 663 g/mol. The van der Waals surface area contributed by atoms with Crippen LogP contribution in [-0.2, 0) is 24.0 Å². The molecular formula is C35H26ClN5O5S. The van der Waals surface area contributed by atoms with Crippen LogP contribution >= 0.6 is 23.4 Å². The molecule has 0 saturated carbocycles. The van der Waals surface area contributed by atoms with E-state index in [1.165, 1.54) is 21.6 Å². The van der Waals surface area contributed by atoms with Gasteiger partial charge in [0.1, 0.15) is 18.0 Å². The molecule has 1 unspecified atom stereocenters. The highest BCUT2D eigenvalue weighted by atomic mass is 35.5. The molecule has 0 aliphatic carbocycles. The van der Waals surface area contributed by atoms with Crippen LogP contribution in [0.4, 0.5) is 11.4 Å². The second-order valence-electron chi connectivity index (χ2n) is 10.8. The number of ether oxygens (including phenoxy) is 1. The van der Waals surface area contributed by atoms with E-state index in [1.807, 2.05) is 6.07 Å². The molecule has 3 aliphatic rings. The third kappa shape index (κ3) is 5.23. The van der Waals surface area contributed by atoms with E-state index in [1.54, 1.807) is 110 Å². The number of hydrogen-bond donors (Lipinski definition) is 1. The smallest absolute Gasteiger partial charge is 0.297 e. The molecule has 234 valence electrons. The molecule has 1 N–H and O–H groups in total. The van der Waals surface area contributed by atoms with Gasteiger partial charge in [0, 0.05) is 21.8 Å². The highest BCUT2D eigenvalue weighted by molar-refractivity contribution is 8.02. The Bertz CT molecular complexity index is 1980. The lowest BCUT2D eigenvalue weighted by Crippen LogP contribution is -2.54. The molecule has 1 fully saturated rings. The molecule has 12 heteroatoms. The van der Waals surface area contributed by atoms with Gasteiger partial charge >= 0.3 is 0 Å². The predicted molar refractivity (Wildman–Crippen MR) is 181 cm³/mol. The summed E-state index contributed by atoms with van der Waals surface area (Å²) in [4.78, 5) is 61.2. The zero-order valence-corrected chi connectivity index (χ0v) is 26.5. The molecule has 4 amide bonds. The van der Waals surface area contributed by atoms with Crippen LogP contribution in [0.15, 0.2) is 114 Å². The Kier molecular flexibility index (Phi) is 7.78. The summed E-state index contributed by atoms with van der Waals surface area (Å²) in [6.07, 6.45) is 1.61. The standard InChI is InChI=1S/C35H26ClN5O5S/c1-46-26-17-15-25(16-18-26)40-31(43)21-47-35(40)27-9-5-6-10-29(27)39(34(35)45)20-30(42)38-41-32(23-7-3-2-4-8-23)37-28(33(41)44)19-22-11-13-24(36)14-12-22/h2-19H,20-21H2,1H3,(H,38,42)/b28-19-. The number of thioether (sulfide) groups is 1. The van der Waals surface area contributed by atoms with Crippen molar-refractivity contribution in [3.63, 3.8) is 0 Å². The molecule has 3 aliphatic heterocycles. The Labute approximate surface area is 279 Å². The van der Waals surface area contributed by atoms with E-state index in [0.29, 0.717) is 38.8 Å². The van der Waals surface area contributed by atoms with Crippen molar-refractivity contribution in [2.75, 3.05) is 29.2 Å². The summed E-state index contributed by atoms with van der Waals surface area (Å²) in [5, 5.41) is 1.65. The fourth-order valence-electron chi connectivity index (χ4n) is 5.87. The van der Waals surface area contributed by atoms with Crippen LogP contribution in [0.25, 0.3) is 6.08 Å². The van der Waals surface area contributed by atoms with Gasteiger partial charge in [-0.25, -0.2) is 4.99 Å². The SMILES string of the molecule is COc1ccc(N2C(=O)CSC23C(=O)N(CC(=O)NN2C(=O)/C(=C/c4ccc(Cl)cc4)N=C2c2ccccc2)c2ccccc23)cc1. The lowest BCUT2D eigenvalue weighted by atomic mass is 10.0. The summed E-state index contributed by atoms with van der Waals surface area (Å²) in [5.41, 5.74) is 5.74. The first kappa shape index (κ1) is 30.3. The van der Waals surface area contributed by atoms with E-state index in [2.05, 4.69) is 10.4 Å². The van der Waals surface area contributed by atoms with Gasteiger partial charge in [0.05, 0.1) is 18.6 Å². The summed E-state index contributed by atoms with van der Waals surface area (Å²) >= 11 is 7.24. The van der Waals surface area contributed by atoms with E-state index in [-0.39, 0.29) is 23.2 Å². The topological polar surface area (TPSA) is 112 Å². The molecular weight excluding hydrogens is 638 g/mol. The minimum atomic E-state index is -1.41. The zero-order valence-electron chi connectivity index (χ0n) is 24.9. The first-order valence-corrected chi connectivity index (χ1v) is 15.9. The largest absolute Gasteiger partial charge is 0.497 e. The van der Waals surface area contributed by atoms with Gasteiger partial charge in [-0.1, -0.05) is 72.3 Å². The van der Waals surface area contributed by atoms with E-state index in [4.69, 9.17) is 16.3 Å². The molecule has 4 aromatic rings. The number of hydrogen-bond acceptors (Lipinski definition) is 7. The fourth-order valence-corrected chi connectivity index (χ4v) is 7.35. The number of hydrazine groups is 1. The summed E-state index contributed by atoms with van der Waals surface area (Å²) in [7, 11) is 1.55. The van der Waals surface area contributed by atoms with Crippen LogP contribution in [-0.4, -0.2) is 53.9 Å². The second kappa shape index (κ2) is 12.1. The highest BCUT2D eigenvalue weighted by Crippen LogP contribution is 2.55. The number of amidine groups is 1. The van der Waals surface area contributed by atoms with Crippen molar-refractivity contribution < 1.29 is 23.9 Å². The number of anilines is 2. The van der Waals surface area contributed by atoms with Crippen LogP contribution in [0, 0.1) is 0 Å². The van der Waals surface area contributed by atoms with Crippen molar-refractivity contribution in [1.29, 1.82) is 0 Å². The van der Waals surface area contributed by atoms with Gasteiger partial charge in [-0.3, -0.25) is 34.4 Å². The lowest BCUT2D eigenvalue weighted by Gasteiger charge is -2.33. The fraction of sp³-hybridized carbons (Fsp3) is 0.114. The van der Waals surface area contributed by atoms with Crippen molar-refractivity contribution in [3.05, 3.63) is 131 Å². The summed E-state index contributed by atoms with van der Waals surface area (Å²) < 4.78 is 5.28. The molecule has 0 aromatic heterocycles. The van der Waals surface area contributed by atoms with Crippen LogP contribution in [0.3, 0.4) is 0 Å². The number of carbonyl (C=O) groups is 4. The second-order valence-corrected chi connectivity index (χ2v) is 12.4. The van der Waals surface area contributed by atoms with Crippen molar-refractivity contribution in [2.45, 2.75) is 4.87 Å². The number of halogens is 1. The van der Waals surface area contributed by atoms with Gasteiger partial charge < -0.3 is 4.74 Å². The number of methoxy groups -OCH3 is 1. The minimum absolute atomic E-state index is 0.0774. The number of nitrogens with one attached hydrogen (secondary N) is 1. The molecule has 1 atom stereocenters. The van der Waals surface area contributed by atoms with E-state index in [0.717, 1.165) is 5.01 Å². The van der Waals surface area contributed by atoms with Gasteiger partial charge in [0.15, 0.2) is 5.84 Å². The number of para-hydroxylation sites is 1. The molecule has 1 spiro atoms. The van der Waals surface area contributed by atoms with Crippen LogP contribution in [0.1, 0.15) is 16.7 Å². The van der Waals surface area contributed by atoms with E-state index < -0.39 is 29.1 Å². The maximum absolute atomic E-state index is 14.4. The van der Waals surface area contributed by atoms with Gasteiger partial charge in [-0.05, 0) is 54.1 Å². The number of carbonyl (C=O) groups excluding carboxylic acids is 4. The predicted octanol–water partition coefficient (Wildman–Crippen LogP) is 4.99. The van der Waals surface area contributed by atoms with Crippen LogP contribution < -0.4 is 20.0 Å². The first-order valence-electron chi connectivity index (χ1n) is 14.6. The number of aliphatic imine (C=N–C) groups is 1. The average Bonchev–Trinajstić information content (AvgIpc) is 3.68. The normalized spacial score (nSPS) is 19.5. The maximum atomic E-state index is 14.4. The number of amides is 4. The Morgan fingerprint density at radius 3 is 2.38 bits per heavy atom. The number of rotatable bonds is 7. The molecule has 10 nitrogen and oxygen atoms in total. The summed E-state index contributed by atoms with van der Waals surface area (Å²) in [5.74, 6) is -0.918. The van der Waals surface area contributed by atoms with Crippen molar-refractivity contribution >= 4 is 70.3 Å². The Hall–Kier alpha value is -5.39. The van der Waals surface area contributed by atoms with Crippen LogP contribution in [0.5, 0.6) is 5.75 Å². The summed E-state index contributed by atoms with van der Waals surface area (Å²) in [6, 6.07) is 30.0. The van der Waals surface area contributed by atoms with Crippen LogP contribution in [0.2, 0.25) is 5.02 Å². The lowest BCUT2D eigenvalue weighted by molar-refractivity contribution is -0.133. The molecule has 1 saturated heterocycles. The highest BCUT2D eigenvalue weighted by Gasteiger charge is 2.61. The molecule has 7 rings (SSSR count). The van der Waals surface area contributed by atoms with Crippen molar-refractivity contribution in [3.8, 4) is 5.75 Å². The third-order valence-corrected chi connectivity index (χ3v) is 9.64. The summed E-state index contributed by atoms with van der Waals surface area (Å²) in [6.45, 7) is -0.412. The molecule has 47 heavy (non-hydrogen) atoms. The Morgan fingerprint density at radius 2 is 1.66 bits per heavy atom. The molecule has 4 aromatic carbocycles. The minimum Gasteiger partial charge on any atom is -0.497 e. The quantitative estimate of drug-likeness (QED) is 0.279. The number of nitrogens with zero attached hydrogens (tertiary/aromatic N) is 4. The molecule has 0 bridgehead atoms. The van der Waals surface area contributed by atoms with Gasteiger partial charge in [-0.15, -0.1) is 11.8 Å². The first-order chi connectivity index (χ1) is 22.8. The Morgan fingerprint density at radius 1 is 0.957 bits per heavy atom. The number of benzene rings is 4. The van der Waals surface area contributed by atoms with Crippen molar-refractivity contribution in [2.24, 2.45) is 4.99 Å². The van der Waals surface area contributed by atoms with Gasteiger partial charge in [-0.2, -0.15) is 5.01 Å². The number of fused-ring (bicyclic) bond motifs is 2. The molecule has 3 heterocycles. The van der Waals surface area contributed by atoms with Crippen molar-refractivity contribution in [1.82, 2.24) is 10.4 Å². The maximum Gasteiger partial charge on any atom is 0.297 e. The molecule has 0 radical (unpaired) electrons. The Balaban J connectivity index is 1.19. The average molecular weight is 664 g/mol. The van der Waals surface area contributed by atoms with Gasteiger partial charge in [0.2, 0.25) is 10.8 Å². The third-order valence-electron chi connectivity index (χ3n) is 8.00. The van der Waals surface area contributed by atoms with Gasteiger partial charge in [0.25, 0.3) is 17.7 Å².